The van der Waals surface area contributed by atoms with Gasteiger partial charge in [-0.1, -0.05) is 12.1 Å². The molecule has 1 fully saturated rings. The standard InChI is InChI=1S/C18H20N2O4/c21-17(22)14-7-5-13(6-8-14)15-3-1-9-20(12-15)18(23)19-11-16-4-2-10-24-16/h2,4-8,10,15H,1,3,9,11-12H2,(H,19,23)(H,21,22)/t15-/m0/s1. The molecule has 2 amide bonds. The van der Waals surface area contributed by atoms with Gasteiger partial charge in [-0.25, -0.2) is 9.59 Å². The number of nitrogens with zero attached hydrogens (tertiary/aromatic N) is 1. The van der Waals surface area contributed by atoms with Crippen LogP contribution in [0.5, 0.6) is 0 Å². The van der Waals surface area contributed by atoms with E-state index in [0.717, 1.165) is 30.7 Å². The molecular formula is C18H20N2O4. The Kier molecular flexibility index (Phi) is 4.84. The lowest BCUT2D eigenvalue weighted by Gasteiger charge is -2.33. The number of carboxylic acid groups (broad SMARTS) is 1. The van der Waals surface area contributed by atoms with Gasteiger partial charge in [-0.15, -0.1) is 0 Å². The highest BCUT2D eigenvalue weighted by Gasteiger charge is 2.24. The molecule has 6 heteroatoms. The fourth-order valence-electron chi connectivity index (χ4n) is 3.02. The molecule has 2 heterocycles. The summed E-state index contributed by atoms with van der Waals surface area (Å²) in [5.74, 6) is 0.0289. The Balaban J connectivity index is 1.59. The van der Waals surface area contributed by atoms with E-state index < -0.39 is 5.97 Å². The highest BCUT2D eigenvalue weighted by atomic mass is 16.4. The van der Waals surface area contributed by atoms with Gasteiger partial charge in [-0.2, -0.15) is 0 Å². The third kappa shape index (κ3) is 3.76. The van der Waals surface area contributed by atoms with Crippen molar-refractivity contribution in [2.75, 3.05) is 13.1 Å². The highest BCUT2D eigenvalue weighted by molar-refractivity contribution is 5.87. The zero-order valence-electron chi connectivity index (χ0n) is 13.3. The molecular weight excluding hydrogens is 308 g/mol. The van der Waals surface area contributed by atoms with Crippen LogP contribution in [0.4, 0.5) is 4.79 Å². The predicted octanol–water partition coefficient (Wildman–Crippen LogP) is 3.07. The van der Waals surface area contributed by atoms with Gasteiger partial charge < -0.3 is 19.7 Å². The van der Waals surface area contributed by atoms with Crippen molar-refractivity contribution >= 4 is 12.0 Å². The molecule has 0 saturated carbocycles. The molecule has 1 aliphatic heterocycles. The molecule has 1 aromatic carbocycles. The van der Waals surface area contributed by atoms with Crippen LogP contribution in [0.1, 0.15) is 40.4 Å². The van der Waals surface area contributed by atoms with E-state index in [-0.39, 0.29) is 17.5 Å². The van der Waals surface area contributed by atoms with Gasteiger partial charge in [-0.3, -0.25) is 0 Å². The molecule has 0 aliphatic carbocycles. The fourth-order valence-corrected chi connectivity index (χ4v) is 3.02. The van der Waals surface area contributed by atoms with Crippen LogP contribution in [0.2, 0.25) is 0 Å². The second kappa shape index (κ2) is 7.21. The molecule has 1 aromatic heterocycles. The van der Waals surface area contributed by atoms with Crippen LogP contribution in [0, 0.1) is 0 Å². The minimum Gasteiger partial charge on any atom is -0.478 e. The number of carbonyl (C=O) groups is 2. The number of aromatic carboxylic acids is 1. The molecule has 1 saturated heterocycles. The van der Waals surface area contributed by atoms with E-state index in [1.165, 1.54) is 0 Å². The zero-order chi connectivity index (χ0) is 16.9. The molecule has 0 unspecified atom stereocenters. The molecule has 24 heavy (non-hydrogen) atoms. The summed E-state index contributed by atoms with van der Waals surface area (Å²) in [5.41, 5.74) is 1.35. The Bertz CT molecular complexity index is 694. The minimum absolute atomic E-state index is 0.0988. The third-order valence-electron chi connectivity index (χ3n) is 4.33. The number of amides is 2. The predicted molar refractivity (Wildman–Crippen MR) is 87.9 cm³/mol. The van der Waals surface area contributed by atoms with Gasteiger partial charge in [0.25, 0.3) is 0 Å². The Morgan fingerprint density at radius 1 is 1.25 bits per heavy atom. The van der Waals surface area contributed by atoms with Gasteiger partial charge in [-0.05, 0) is 42.7 Å². The van der Waals surface area contributed by atoms with Gasteiger partial charge in [0.1, 0.15) is 5.76 Å². The Morgan fingerprint density at radius 3 is 2.71 bits per heavy atom. The van der Waals surface area contributed by atoms with Gasteiger partial charge in [0, 0.05) is 19.0 Å². The minimum atomic E-state index is -0.927. The van der Waals surface area contributed by atoms with Crippen LogP contribution in [-0.4, -0.2) is 35.1 Å². The van der Waals surface area contributed by atoms with E-state index in [9.17, 15) is 9.59 Å². The lowest BCUT2D eigenvalue weighted by molar-refractivity contribution is 0.0697. The van der Waals surface area contributed by atoms with Crippen LogP contribution in [0.25, 0.3) is 0 Å². The number of furan rings is 1. The number of carbonyl (C=O) groups excluding carboxylic acids is 1. The average molecular weight is 328 g/mol. The first-order valence-corrected chi connectivity index (χ1v) is 8.02. The lowest BCUT2D eigenvalue weighted by atomic mass is 9.90. The number of likely N-dealkylation sites (tertiary alicyclic amines) is 1. The summed E-state index contributed by atoms with van der Waals surface area (Å²) < 4.78 is 5.21. The summed E-state index contributed by atoms with van der Waals surface area (Å²) in [7, 11) is 0. The smallest absolute Gasteiger partial charge is 0.335 e. The SMILES string of the molecule is O=C(O)c1ccc([C@H]2CCCN(C(=O)NCc3ccco3)C2)cc1. The van der Waals surface area contributed by atoms with E-state index in [4.69, 9.17) is 9.52 Å². The maximum atomic E-state index is 12.3. The number of hydrogen-bond donors (Lipinski definition) is 2. The average Bonchev–Trinajstić information content (AvgIpc) is 3.13. The van der Waals surface area contributed by atoms with E-state index in [2.05, 4.69) is 5.32 Å². The Morgan fingerprint density at radius 2 is 2.04 bits per heavy atom. The van der Waals surface area contributed by atoms with Crippen LogP contribution >= 0.6 is 0 Å². The van der Waals surface area contributed by atoms with Crippen molar-refractivity contribution in [2.24, 2.45) is 0 Å². The van der Waals surface area contributed by atoms with Gasteiger partial charge >= 0.3 is 12.0 Å². The zero-order valence-corrected chi connectivity index (χ0v) is 13.3. The summed E-state index contributed by atoms with van der Waals surface area (Å²) in [6.45, 7) is 1.74. The maximum Gasteiger partial charge on any atom is 0.335 e. The molecule has 3 rings (SSSR count). The van der Waals surface area contributed by atoms with Gasteiger partial charge in [0.15, 0.2) is 0 Å². The largest absolute Gasteiger partial charge is 0.478 e. The second-order valence-electron chi connectivity index (χ2n) is 5.95. The van der Waals surface area contributed by atoms with E-state index in [0.29, 0.717) is 13.1 Å². The van der Waals surface area contributed by atoms with Crippen molar-refractivity contribution in [1.29, 1.82) is 0 Å². The fraction of sp³-hybridized carbons (Fsp3) is 0.333. The number of carboxylic acids is 1. The molecule has 0 spiro atoms. The molecule has 6 nitrogen and oxygen atoms in total. The quantitative estimate of drug-likeness (QED) is 0.903. The molecule has 0 bridgehead atoms. The van der Waals surface area contributed by atoms with Crippen LogP contribution in [-0.2, 0) is 6.54 Å². The number of benzene rings is 1. The molecule has 1 aliphatic rings. The topological polar surface area (TPSA) is 82.8 Å². The van der Waals surface area contributed by atoms with Crippen LogP contribution in [0.3, 0.4) is 0 Å². The number of rotatable bonds is 4. The van der Waals surface area contributed by atoms with E-state index >= 15 is 0 Å². The van der Waals surface area contributed by atoms with E-state index in [1.807, 2.05) is 23.1 Å². The van der Waals surface area contributed by atoms with Crippen LogP contribution < -0.4 is 5.32 Å². The third-order valence-corrected chi connectivity index (χ3v) is 4.33. The summed E-state index contributed by atoms with van der Waals surface area (Å²) in [6.07, 6.45) is 3.51. The summed E-state index contributed by atoms with van der Waals surface area (Å²) >= 11 is 0. The lowest BCUT2D eigenvalue weighted by Crippen LogP contribution is -2.44. The second-order valence-corrected chi connectivity index (χ2v) is 5.95. The van der Waals surface area contributed by atoms with Crippen molar-refractivity contribution < 1.29 is 19.1 Å². The van der Waals surface area contributed by atoms with Crippen molar-refractivity contribution in [1.82, 2.24) is 10.2 Å². The van der Waals surface area contributed by atoms with Crippen molar-refractivity contribution in [3.63, 3.8) is 0 Å². The molecule has 2 aromatic rings. The van der Waals surface area contributed by atoms with E-state index in [1.54, 1.807) is 24.5 Å². The first kappa shape index (κ1) is 16.1. The van der Waals surface area contributed by atoms with Gasteiger partial charge in [0.05, 0.1) is 18.4 Å². The summed E-state index contributed by atoms with van der Waals surface area (Å²) in [4.78, 5) is 25.0. The van der Waals surface area contributed by atoms with Crippen LogP contribution in [0.15, 0.2) is 47.1 Å². The van der Waals surface area contributed by atoms with Crippen molar-refractivity contribution in [2.45, 2.75) is 25.3 Å². The number of piperidine rings is 1. The monoisotopic (exact) mass is 328 g/mol. The molecule has 126 valence electrons. The number of nitrogens with one attached hydrogen (secondary N) is 1. The maximum absolute atomic E-state index is 12.3. The highest BCUT2D eigenvalue weighted by Crippen LogP contribution is 2.27. The van der Waals surface area contributed by atoms with Crippen molar-refractivity contribution in [3.8, 4) is 0 Å². The molecule has 0 radical (unpaired) electrons. The number of hydrogen-bond acceptors (Lipinski definition) is 3. The summed E-state index contributed by atoms with van der Waals surface area (Å²) in [6, 6.07) is 10.4. The first-order valence-electron chi connectivity index (χ1n) is 8.02. The summed E-state index contributed by atoms with van der Waals surface area (Å²) in [5, 5.41) is 11.8. The normalized spacial score (nSPS) is 17.5. The molecule has 2 N–H and O–H groups in total. The Labute approximate surface area is 140 Å². The number of urea groups is 1. The van der Waals surface area contributed by atoms with Gasteiger partial charge in [0.2, 0.25) is 0 Å². The molecule has 1 atom stereocenters. The Hall–Kier alpha value is -2.76. The van der Waals surface area contributed by atoms with Crippen molar-refractivity contribution in [3.05, 3.63) is 59.5 Å². The first-order chi connectivity index (χ1) is 11.6.